The number of aromatic nitrogens is 2. The fraction of sp³-hybridized carbons (Fsp3) is 0.333. The van der Waals surface area contributed by atoms with Gasteiger partial charge in [0.15, 0.2) is 23.0 Å². The fourth-order valence-electron chi connectivity index (χ4n) is 1.56. The molecule has 0 aliphatic rings. The van der Waals surface area contributed by atoms with Crippen molar-refractivity contribution in [3.63, 3.8) is 0 Å². The van der Waals surface area contributed by atoms with Crippen LogP contribution in [0.4, 0.5) is 5.82 Å². The highest BCUT2D eigenvalue weighted by molar-refractivity contribution is 9.10. The van der Waals surface area contributed by atoms with E-state index in [1.807, 2.05) is 6.07 Å². The van der Waals surface area contributed by atoms with Crippen molar-refractivity contribution < 1.29 is 9.15 Å². The summed E-state index contributed by atoms with van der Waals surface area (Å²) in [6.45, 7) is 2.91. The topological polar surface area (TPSA) is 60.2 Å². The van der Waals surface area contributed by atoms with Crippen molar-refractivity contribution in [3.8, 4) is 17.2 Å². The molecule has 5 nitrogen and oxygen atoms in total. The van der Waals surface area contributed by atoms with Crippen LogP contribution in [0.1, 0.15) is 13.3 Å². The van der Waals surface area contributed by atoms with Gasteiger partial charge in [0.25, 0.3) is 0 Å². The Bertz CT molecular complexity index is 528. The standard InChI is InChI=1S/C12H14BrN3O2/c1-3-5-14-12-11(17-2)9(15-7-16-12)10-8(13)4-6-18-10/h4,6-7H,3,5H2,1-2H3,(H,14,15,16). The number of rotatable bonds is 5. The van der Waals surface area contributed by atoms with E-state index in [4.69, 9.17) is 9.15 Å². The minimum Gasteiger partial charge on any atom is -0.491 e. The molecule has 0 saturated carbocycles. The van der Waals surface area contributed by atoms with Crippen LogP contribution < -0.4 is 10.1 Å². The average Bonchev–Trinajstić information content (AvgIpc) is 2.81. The molecule has 6 heteroatoms. The van der Waals surface area contributed by atoms with Crippen LogP contribution in [0.2, 0.25) is 0 Å². The van der Waals surface area contributed by atoms with Gasteiger partial charge in [-0.15, -0.1) is 0 Å². The maximum Gasteiger partial charge on any atom is 0.190 e. The molecule has 0 unspecified atom stereocenters. The molecule has 96 valence electrons. The van der Waals surface area contributed by atoms with E-state index >= 15 is 0 Å². The van der Waals surface area contributed by atoms with Crippen molar-refractivity contribution in [2.24, 2.45) is 0 Å². The van der Waals surface area contributed by atoms with Gasteiger partial charge < -0.3 is 14.5 Å². The molecule has 0 aliphatic heterocycles. The molecule has 2 aromatic rings. The first-order valence-corrected chi connectivity index (χ1v) is 6.43. The lowest BCUT2D eigenvalue weighted by atomic mass is 10.3. The van der Waals surface area contributed by atoms with Crippen LogP contribution in [0, 0.1) is 0 Å². The number of ether oxygens (including phenoxy) is 1. The Labute approximate surface area is 114 Å². The number of nitrogens with one attached hydrogen (secondary N) is 1. The van der Waals surface area contributed by atoms with Crippen molar-refractivity contribution in [1.29, 1.82) is 0 Å². The molecule has 2 heterocycles. The van der Waals surface area contributed by atoms with Crippen LogP contribution in [-0.2, 0) is 0 Å². The second-order valence-corrected chi connectivity index (χ2v) is 4.48. The van der Waals surface area contributed by atoms with Gasteiger partial charge in [-0.25, -0.2) is 9.97 Å². The molecule has 0 atom stereocenters. The van der Waals surface area contributed by atoms with Crippen LogP contribution in [0.3, 0.4) is 0 Å². The minimum absolute atomic E-state index is 0.585. The summed E-state index contributed by atoms with van der Waals surface area (Å²) < 4.78 is 11.6. The van der Waals surface area contributed by atoms with E-state index in [1.165, 1.54) is 6.33 Å². The number of methoxy groups -OCH3 is 1. The Morgan fingerprint density at radius 3 is 2.89 bits per heavy atom. The van der Waals surface area contributed by atoms with Gasteiger partial charge in [0.2, 0.25) is 0 Å². The van der Waals surface area contributed by atoms with E-state index < -0.39 is 0 Å². The molecule has 0 spiro atoms. The molecule has 0 aromatic carbocycles. The smallest absolute Gasteiger partial charge is 0.190 e. The van der Waals surface area contributed by atoms with Crippen LogP contribution in [-0.4, -0.2) is 23.6 Å². The molecule has 0 bridgehead atoms. The maximum absolute atomic E-state index is 5.41. The number of nitrogens with zero attached hydrogens (tertiary/aromatic N) is 2. The summed E-state index contributed by atoms with van der Waals surface area (Å²) >= 11 is 3.41. The number of halogens is 1. The fourth-order valence-corrected chi connectivity index (χ4v) is 1.95. The maximum atomic E-state index is 5.41. The van der Waals surface area contributed by atoms with Gasteiger partial charge in [-0.2, -0.15) is 0 Å². The molecule has 2 aromatic heterocycles. The van der Waals surface area contributed by atoms with Crippen molar-refractivity contribution in [1.82, 2.24) is 9.97 Å². The normalized spacial score (nSPS) is 10.4. The van der Waals surface area contributed by atoms with Crippen LogP contribution in [0.15, 0.2) is 27.5 Å². The Morgan fingerprint density at radius 2 is 2.28 bits per heavy atom. The van der Waals surface area contributed by atoms with E-state index in [0.717, 1.165) is 17.4 Å². The number of anilines is 1. The molecule has 0 amide bonds. The highest BCUT2D eigenvalue weighted by atomic mass is 79.9. The highest BCUT2D eigenvalue weighted by Gasteiger charge is 2.18. The quantitative estimate of drug-likeness (QED) is 0.917. The van der Waals surface area contributed by atoms with Gasteiger partial charge in [-0.05, 0) is 28.4 Å². The Morgan fingerprint density at radius 1 is 1.44 bits per heavy atom. The van der Waals surface area contributed by atoms with Gasteiger partial charge in [0.1, 0.15) is 6.33 Å². The predicted octanol–water partition coefficient (Wildman–Crippen LogP) is 3.33. The van der Waals surface area contributed by atoms with Crippen LogP contribution in [0.5, 0.6) is 5.75 Å². The summed E-state index contributed by atoms with van der Waals surface area (Å²) in [7, 11) is 1.59. The third-order valence-corrected chi connectivity index (χ3v) is 3.01. The molecule has 0 saturated heterocycles. The molecular weight excluding hydrogens is 298 g/mol. The number of furan rings is 1. The first-order chi connectivity index (χ1) is 8.77. The summed E-state index contributed by atoms with van der Waals surface area (Å²) in [5.41, 5.74) is 0.628. The van der Waals surface area contributed by atoms with Crippen molar-refractivity contribution >= 4 is 21.7 Å². The van der Waals surface area contributed by atoms with E-state index in [9.17, 15) is 0 Å². The van der Waals surface area contributed by atoms with E-state index in [-0.39, 0.29) is 0 Å². The van der Waals surface area contributed by atoms with Gasteiger partial charge in [-0.1, -0.05) is 6.92 Å². The lowest BCUT2D eigenvalue weighted by molar-refractivity contribution is 0.412. The van der Waals surface area contributed by atoms with E-state index in [1.54, 1.807) is 13.4 Å². The average molecular weight is 312 g/mol. The largest absolute Gasteiger partial charge is 0.491 e. The monoisotopic (exact) mass is 311 g/mol. The zero-order valence-electron chi connectivity index (χ0n) is 10.2. The van der Waals surface area contributed by atoms with Crippen molar-refractivity contribution in [2.45, 2.75) is 13.3 Å². The van der Waals surface area contributed by atoms with E-state index in [0.29, 0.717) is 23.0 Å². The Balaban J connectivity index is 2.45. The van der Waals surface area contributed by atoms with Gasteiger partial charge in [-0.3, -0.25) is 0 Å². The minimum atomic E-state index is 0.585. The number of hydrogen-bond acceptors (Lipinski definition) is 5. The SMILES string of the molecule is CCCNc1ncnc(-c2occc2Br)c1OC. The lowest BCUT2D eigenvalue weighted by Crippen LogP contribution is -2.05. The molecule has 0 radical (unpaired) electrons. The highest BCUT2D eigenvalue weighted by Crippen LogP contribution is 2.37. The van der Waals surface area contributed by atoms with Crippen LogP contribution in [0.25, 0.3) is 11.5 Å². The summed E-state index contributed by atoms with van der Waals surface area (Å²) in [5, 5.41) is 3.20. The zero-order valence-corrected chi connectivity index (χ0v) is 11.8. The van der Waals surface area contributed by atoms with Crippen molar-refractivity contribution in [2.75, 3.05) is 19.0 Å². The molecule has 2 rings (SSSR count). The molecule has 0 fully saturated rings. The third-order valence-electron chi connectivity index (χ3n) is 2.38. The van der Waals surface area contributed by atoms with Gasteiger partial charge >= 0.3 is 0 Å². The summed E-state index contributed by atoms with van der Waals surface area (Å²) in [6.07, 6.45) is 4.10. The lowest BCUT2D eigenvalue weighted by Gasteiger charge is -2.11. The van der Waals surface area contributed by atoms with Gasteiger partial charge in [0, 0.05) is 6.54 Å². The van der Waals surface area contributed by atoms with Gasteiger partial charge in [0.05, 0.1) is 17.8 Å². The first-order valence-electron chi connectivity index (χ1n) is 5.64. The third kappa shape index (κ3) is 2.48. The zero-order chi connectivity index (χ0) is 13.0. The second kappa shape index (κ2) is 5.86. The molecular formula is C12H14BrN3O2. The second-order valence-electron chi connectivity index (χ2n) is 3.63. The molecule has 18 heavy (non-hydrogen) atoms. The molecule has 1 N–H and O–H groups in total. The van der Waals surface area contributed by atoms with Crippen molar-refractivity contribution in [3.05, 3.63) is 23.1 Å². The molecule has 0 aliphatic carbocycles. The summed E-state index contributed by atoms with van der Waals surface area (Å²) in [5.74, 6) is 1.89. The van der Waals surface area contributed by atoms with E-state index in [2.05, 4.69) is 38.1 Å². The Kier molecular flexibility index (Phi) is 4.19. The summed E-state index contributed by atoms with van der Waals surface area (Å²) in [6, 6.07) is 1.82. The first kappa shape index (κ1) is 12.9. The predicted molar refractivity (Wildman–Crippen MR) is 72.8 cm³/mol. The van der Waals surface area contributed by atoms with Crippen LogP contribution >= 0.6 is 15.9 Å². The summed E-state index contributed by atoms with van der Waals surface area (Å²) in [4.78, 5) is 8.40. The number of hydrogen-bond donors (Lipinski definition) is 1. The Hall–Kier alpha value is -1.56.